The van der Waals surface area contributed by atoms with E-state index < -0.39 is 7.12 Å². The van der Waals surface area contributed by atoms with Gasteiger partial charge in [0.15, 0.2) is 0 Å². The predicted octanol–water partition coefficient (Wildman–Crippen LogP) is 2.52. The molecule has 2 rings (SSSR count). The summed E-state index contributed by atoms with van der Waals surface area (Å²) in [5.41, 5.74) is 0.868. The van der Waals surface area contributed by atoms with Crippen molar-refractivity contribution < 1.29 is 14.1 Å². The van der Waals surface area contributed by atoms with Gasteiger partial charge in [-0.3, -0.25) is 0 Å². The molecule has 1 aliphatic rings. The fourth-order valence-corrected chi connectivity index (χ4v) is 2.16. The first-order valence-electron chi connectivity index (χ1n) is 7.75. The molecule has 1 fully saturated rings. The van der Waals surface area contributed by atoms with E-state index in [1.54, 1.807) is 0 Å². The molecule has 0 bridgehead atoms. The van der Waals surface area contributed by atoms with Crippen molar-refractivity contribution in [1.82, 2.24) is 5.32 Å². The molecule has 2 amide bonds. The Morgan fingerprint density at radius 3 is 2.41 bits per heavy atom. The van der Waals surface area contributed by atoms with E-state index >= 15 is 0 Å². The molecule has 0 saturated carbocycles. The molecule has 0 aliphatic carbocycles. The van der Waals surface area contributed by atoms with Gasteiger partial charge in [0, 0.05) is 12.2 Å². The second-order valence-corrected chi connectivity index (χ2v) is 6.59. The summed E-state index contributed by atoms with van der Waals surface area (Å²) in [4.78, 5) is 11.7. The highest BCUT2D eigenvalue weighted by molar-refractivity contribution is 6.62. The fourth-order valence-electron chi connectivity index (χ4n) is 2.16. The van der Waals surface area contributed by atoms with E-state index in [0.717, 1.165) is 17.6 Å². The van der Waals surface area contributed by atoms with E-state index in [4.69, 9.17) is 9.31 Å². The molecule has 120 valence electrons. The highest BCUT2D eigenvalue weighted by Crippen LogP contribution is 2.36. The minimum Gasteiger partial charge on any atom is -0.399 e. The number of hydrogen-bond acceptors (Lipinski definition) is 3. The number of benzene rings is 1. The molecule has 22 heavy (non-hydrogen) atoms. The SMILES string of the molecule is CCCNC(=O)Nc1cccc(B2OC(C)(C)C(C)(C)O2)c1. The lowest BCUT2D eigenvalue weighted by Gasteiger charge is -2.32. The molecular weight excluding hydrogens is 279 g/mol. The number of rotatable bonds is 4. The summed E-state index contributed by atoms with van der Waals surface area (Å²) in [5.74, 6) is 0. The van der Waals surface area contributed by atoms with Crippen molar-refractivity contribution >= 4 is 24.3 Å². The lowest BCUT2D eigenvalue weighted by molar-refractivity contribution is 0.00578. The van der Waals surface area contributed by atoms with Crippen LogP contribution in [0.15, 0.2) is 24.3 Å². The van der Waals surface area contributed by atoms with Crippen molar-refractivity contribution in [2.45, 2.75) is 52.2 Å². The average molecular weight is 304 g/mol. The van der Waals surface area contributed by atoms with Crippen molar-refractivity contribution in [3.63, 3.8) is 0 Å². The molecule has 6 heteroatoms. The van der Waals surface area contributed by atoms with Gasteiger partial charge >= 0.3 is 13.1 Å². The quantitative estimate of drug-likeness (QED) is 0.840. The van der Waals surface area contributed by atoms with Gasteiger partial charge in [0.25, 0.3) is 0 Å². The standard InChI is InChI=1S/C16H25BN2O3/c1-6-10-18-14(20)19-13-9-7-8-12(11-13)17-21-15(2,3)16(4,5)22-17/h7-9,11H,6,10H2,1-5H3,(H2,18,19,20). The summed E-state index contributed by atoms with van der Waals surface area (Å²) >= 11 is 0. The molecule has 1 aliphatic heterocycles. The molecular formula is C16H25BN2O3. The van der Waals surface area contributed by atoms with Crippen LogP contribution in [0.5, 0.6) is 0 Å². The number of hydrogen-bond donors (Lipinski definition) is 2. The van der Waals surface area contributed by atoms with Gasteiger partial charge in [-0.2, -0.15) is 0 Å². The Kier molecular flexibility index (Phi) is 4.82. The maximum Gasteiger partial charge on any atom is 0.494 e. The molecule has 0 aromatic heterocycles. The summed E-state index contributed by atoms with van der Waals surface area (Å²) in [6.45, 7) is 10.8. The maximum absolute atomic E-state index is 11.7. The minimum atomic E-state index is -0.426. The van der Waals surface area contributed by atoms with Gasteiger partial charge in [0.1, 0.15) is 0 Å². The largest absolute Gasteiger partial charge is 0.494 e. The van der Waals surface area contributed by atoms with Crippen LogP contribution in [-0.2, 0) is 9.31 Å². The van der Waals surface area contributed by atoms with Gasteiger partial charge in [-0.1, -0.05) is 19.1 Å². The lowest BCUT2D eigenvalue weighted by Crippen LogP contribution is -2.41. The van der Waals surface area contributed by atoms with Crippen LogP contribution in [0.1, 0.15) is 41.0 Å². The number of anilines is 1. The molecule has 1 heterocycles. The monoisotopic (exact) mass is 304 g/mol. The zero-order valence-electron chi connectivity index (χ0n) is 14.0. The average Bonchev–Trinajstić information content (AvgIpc) is 2.65. The van der Waals surface area contributed by atoms with Crippen LogP contribution in [0.4, 0.5) is 10.5 Å². The summed E-state index contributed by atoms with van der Waals surface area (Å²) in [6, 6.07) is 7.36. The highest BCUT2D eigenvalue weighted by Gasteiger charge is 2.51. The second-order valence-electron chi connectivity index (χ2n) is 6.59. The van der Waals surface area contributed by atoms with Crippen molar-refractivity contribution in [1.29, 1.82) is 0 Å². The molecule has 0 atom stereocenters. The van der Waals surface area contributed by atoms with Crippen molar-refractivity contribution in [3.05, 3.63) is 24.3 Å². The van der Waals surface area contributed by atoms with Crippen LogP contribution in [0, 0.1) is 0 Å². The van der Waals surface area contributed by atoms with Crippen molar-refractivity contribution in [3.8, 4) is 0 Å². The van der Waals surface area contributed by atoms with E-state index in [2.05, 4.69) is 10.6 Å². The van der Waals surface area contributed by atoms with Gasteiger partial charge in [-0.05, 0) is 51.7 Å². The summed E-state index contributed by atoms with van der Waals surface area (Å²) < 4.78 is 12.0. The van der Waals surface area contributed by atoms with Crippen LogP contribution in [0.25, 0.3) is 0 Å². The molecule has 2 N–H and O–H groups in total. The molecule has 1 saturated heterocycles. The highest BCUT2D eigenvalue weighted by atomic mass is 16.7. The molecule has 0 unspecified atom stereocenters. The van der Waals surface area contributed by atoms with Crippen LogP contribution in [-0.4, -0.2) is 30.9 Å². The Hall–Kier alpha value is -1.53. The van der Waals surface area contributed by atoms with Crippen LogP contribution in [0.3, 0.4) is 0 Å². The first-order chi connectivity index (χ1) is 10.2. The Morgan fingerprint density at radius 2 is 1.82 bits per heavy atom. The summed E-state index contributed by atoms with van der Waals surface area (Å²) in [6.07, 6.45) is 0.904. The van der Waals surface area contributed by atoms with Gasteiger partial charge < -0.3 is 19.9 Å². The van der Waals surface area contributed by atoms with E-state index in [9.17, 15) is 4.79 Å². The Balaban J connectivity index is 2.08. The smallest absolute Gasteiger partial charge is 0.399 e. The van der Waals surface area contributed by atoms with Gasteiger partial charge in [-0.25, -0.2) is 4.79 Å². The molecule has 1 aromatic rings. The van der Waals surface area contributed by atoms with E-state index in [1.165, 1.54) is 0 Å². The summed E-state index contributed by atoms with van der Waals surface area (Å²) in [5, 5.41) is 5.60. The predicted molar refractivity (Wildman–Crippen MR) is 89.5 cm³/mol. The third kappa shape index (κ3) is 3.62. The first kappa shape index (κ1) is 16.8. The maximum atomic E-state index is 11.7. The van der Waals surface area contributed by atoms with Crippen LogP contribution in [0.2, 0.25) is 0 Å². The number of nitrogens with one attached hydrogen (secondary N) is 2. The number of carbonyl (C=O) groups is 1. The molecule has 0 radical (unpaired) electrons. The van der Waals surface area contributed by atoms with E-state index in [-0.39, 0.29) is 17.2 Å². The van der Waals surface area contributed by atoms with Crippen molar-refractivity contribution in [2.24, 2.45) is 0 Å². The zero-order valence-corrected chi connectivity index (χ0v) is 14.0. The first-order valence-corrected chi connectivity index (χ1v) is 7.75. The normalized spacial score (nSPS) is 19.0. The second kappa shape index (κ2) is 6.30. The van der Waals surface area contributed by atoms with Crippen LogP contribution < -0.4 is 16.1 Å². The third-order valence-electron chi connectivity index (χ3n) is 4.21. The third-order valence-corrected chi connectivity index (χ3v) is 4.21. The topological polar surface area (TPSA) is 59.6 Å². The zero-order chi connectivity index (χ0) is 16.4. The lowest BCUT2D eigenvalue weighted by atomic mass is 9.79. The minimum absolute atomic E-state index is 0.201. The Labute approximate surface area is 132 Å². The Morgan fingerprint density at radius 1 is 1.18 bits per heavy atom. The number of amides is 2. The van der Waals surface area contributed by atoms with Gasteiger partial charge in [-0.15, -0.1) is 0 Å². The van der Waals surface area contributed by atoms with Crippen molar-refractivity contribution in [2.75, 3.05) is 11.9 Å². The Bertz CT molecular complexity index is 530. The molecule has 5 nitrogen and oxygen atoms in total. The number of carbonyl (C=O) groups excluding carboxylic acids is 1. The van der Waals surface area contributed by atoms with Crippen LogP contribution >= 0.6 is 0 Å². The fraction of sp³-hybridized carbons (Fsp3) is 0.562. The van der Waals surface area contributed by atoms with Gasteiger partial charge in [0.05, 0.1) is 11.2 Å². The van der Waals surface area contributed by atoms with Gasteiger partial charge in [0.2, 0.25) is 0 Å². The number of urea groups is 1. The van der Waals surface area contributed by atoms with E-state index in [0.29, 0.717) is 6.54 Å². The van der Waals surface area contributed by atoms with E-state index in [1.807, 2.05) is 58.9 Å². The molecule has 1 aromatic carbocycles. The molecule has 0 spiro atoms. The summed E-state index contributed by atoms with van der Waals surface area (Å²) in [7, 11) is -0.426.